The molecular weight excluding hydrogens is 214 g/mol. The summed E-state index contributed by atoms with van der Waals surface area (Å²) in [4.78, 5) is 16.1. The van der Waals surface area contributed by atoms with Crippen molar-refractivity contribution in [1.82, 2.24) is 9.55 Å². The Balaban J connectivity index is 2.14. The number of carbonyl (C=O) groups excluding carboxylic acids is 1. The Morgan fingerprint density at radius 3 is 2.71 bits per heavy atom. The van der Waals surface area contributed by atoms with Crippen LogP contribution in [0.2, 0.25) is 0 Å². The van der Waals surface area contributed by atoms with E-state index >= 15 is 0 Å². The first-order valence-electron chi connectivity index (χ1n) is 5.59. The number of nitrogens with zero attached hydrogens (tertiary/aromatic N) is 2. The fourth-order valence-corrected chi connectivity index (χ4v) is 1.72. The summed E-state index contributed by atoms with van der Waals surface area (Å²) in [6.45, 7) is 2.74. The minimum atomic E-state index is 0.0293. The summed E-state index contributed by atoms with van der Waals surface area (Å²) in [5.74, 6) is 0.547. The third-order valence-electron chi connectivity index (χ3n) is 2.65. The van der Waals surface area contributed by atoms with Crippen LogP contribution in [0.3, 0.4) is 0 Å². The first-order valence-corrected chi connectivity index (χ1v) is 5.59. The smallest absolute Gasteiger partial charge is 0.202 e. The zero-order chi connectivity index (χ0) is 12.3. The number of nitrogen functional groups attached to an aromatic ring is 1. The van der Waals surface area contributed by atoms with Crippen LogP contribution in [0, 0.1) is 0 Å². The summed E-state index contributed by atoms with van der Waals surface area (Å²) in [5.41, 5.74) is 7.25. The maximum absolute atomic E-state index is 12.0. The van der Waals surface area contributed by atoms with Gasteiger partial charge >= 0.3 is 0 Å². The second-order valence-electron chi connectivity index (χ2n) is 3.88. The van der Waals surface area contributed by atoms with Crippen molar-refractivity contribution in [3.05, 3.63) is 48.0 Å². The number of rotatable bonds is 4. The molecule has 2 aromatic rings. The molecule has 17 heavy (non-hydrogen) atoms. The van der Waals surface area contributed by atoms with Gasteiger partial charge in [-0.2, -0.15) is 0 Å². The lowest BCUT2D eigenvalue weighted by Crippen LogP contribution is -2.11. The SMILES string of the molecule is CCn1ccnc1C(=O)Cc1ccc(N)cc1. The fraction of sp³-hybridized carbons (Fsp3) is 0.231. The monoisotopic (exact) mass is 229 g/mol. The van der Waals surface area contributed by atoms with Gasteiger partial charge in [-0.1, -0.05) is 12.1 Å². The lowest BCUT2D eigenvalue weighted by molar-refractivity contribution is 0.0979. The van der Waals surface area contributed by atoms with Crippen molar-refractivity contribution in [2.75, 3.05) is 5.73 Å². The van der Waals surface area contributed by atoms with Gasteiger partial charge in [-0.15, -0.1) is 0 Å². The molecule has 0 fully saturated rings. The number of carbonyl (C=O) groups is 1. The van der Waals surface area contributed by atoms with Gasteiger partial charge in [-0.25, -0.2) is 4.98 Å². The van der Waals surface area contributed by atoms with E-state index in [-0.39, 0.29) is 5.78 Å². The van der Waals surface area contributed by atoms with Crippen LogP contribution in [0.5, 0.6) is 0 Å². The second-order valence-corrected chi connectivity index (χ2v) is 3.88. The van der Waals surface area contributed by atoms with E-state index in [2.05, 4.69) is 4.98 Å². The zero-order valence-electron chi connectivity index (χ0n) is 9.76. The molecule has 0 radical (unpaired) electrons. The average Bonchev–Trinajstić information content (AvgIpc) is 2.80. The van der Waals surface area contributed by atoms with E-state index < -0.39 is 0 Å². The molecule has 0 aliphatic heterocycles. The zero-order valence-corrected chi connectivity index (χ0v) is 9.76. The topological polar surface area (TPSA) is 60.9 Å². The van der Waals surface area contributed by atoms with E-state index in [1.807, 2.05) is 29.8 Å². The Morgan fingerprint density at radius 2 is 2.06 bits per heavy atom. The number of aryl methyl sites for hydroxylation is 1. The summed E-state index contributed by atoms with van der Waals surface area (Å²) in [6.07, 6.45) is 3.83. The Kier molecular flexibility index (Phi) is 3.23. The molecule has 0 aliphatic rings. The van der Waals surface area contributed by atoms with Gasteiger partial charge in [-0.05, 0) is 24.6 Å². The third kappa shape index (κ3) is 2.53. The van der Waals surface area contributed by atoms with Crippen LogP contribution < -0.4 is 5.73 Å². The van der Waals surface area contributed by atoms with Gasteiger partial charge in [-0.3, -0.25) is 4.79 Å². The minimum Gasteiger partial charge on any atom is -0.399 e. The maximum atomic E-state index is 12.0. The summed E-state index contributed by atoms with van der Waals surface area (Å²) in [7, 11) is 0. The number of hydrogen-bond acceptors (Lipinski definition) is 3. The molecule has 1 aromatic heterocycles. The number of Topliss-reactive ketones (excluding diaryl/α,β-unsaturated/α-hetero) is 1. The number of hydrogen-bond donors (Lipinski definition) is 1. The third-order valence-corrected chi connectivity index (χ3v) is 2.65. The second kappa shape index (κ2) is 4.82. The molecule has 0 atom stereocenters. The van der Waals surface area contributed by atoms with E-state index in [0.29, 0.717) is 17.9 Å². The predicted octanol–water partition coefficient (Wildman–Crippen LogP) is 1.91. The number of nitrogens with two attached hydrogens (primary N) is 1. The van der Waals surface area contributed by atoms with E-state index in [1.165, 1.54) is 0 Å². The van der Waals surface area contributed by atoms with Crippen LogP contribution >= 0.6 is 0 Å². The quantitative estimate of drug-likeness (QED) is 0.643. The van der Waals surface area contributed by atoms with Crippen molar-refractivity contribution >= 4 is 11.5 Å². The van der Waals surface area contributed by atoms with Gasteiger partial charge in [0.2, 0.25) is 5.78 Å². The number of aromatic nitrogens is 2. The average molecular weight is 229 g/mol. The van der Waals surface area contributed by atoms with Crippen LogP contribution in [-0.4, -0.2) is 15.3 Å². The van der Waals surface area contributed by atoms with Gasteiger partial charge in [0.15, 0.2) is 5.82 Å². The molecule has 0 saturated carbocycles. The largest absolute Gasteiger partial charge is 0.399 e. The molecule has 4 nitrogen and oxygen atoms in total. The predicted molar refractivity (Wildman–Crippen MR) is 66.8 cm³/mol. The molecule has 0 aliphatic carbocycles. The van der Waals surface area contributed by atoms with Crippen molar-refractivity contribution in [2.24, 2.45) is 0 Å². The Labute approximate surface area is 100 Å². The van der Waals surface area contributed by atoms with Gasteiger partial charge in [0.05, 0.1) is 0 Å². The summed E-state index contributed by atoms with van der Waals surface area (Å²) in [6, 6.07) is 7.34. The number of anilines is 1. The fourth-order valence-electron chi connectivity index (χ4n) is 1.72. The highest BCUT2D eigenvalue weighted by Gasteiger charge is 2.12. The number of imidazole rings is 1. The van der Waals surface area contributed by atoms with E-state index in [4.69, 9.17) is 5.73 Å². The standard InChI is InChI=1S/C13H15N3O/c1-2-16-8-7-15-13(16)12(17)9-10-3-5-11(14)6-4-10/h3-8H,2,9,14H2,1H3. The summed E-state index contributed by atoms with van der Waals surface area (Å²) >= 11 is 0. The Bertz CT molecular complexity index is 514. The summed E-state index contributed by atoms with van der Waals surface area (Å²) in [5, 5.41) is 0. The van der Waals surface area contributed by atoms with Crippen LogP contribution in [0.15, 0.2) is 36.7 Å². The Hall–Kier alpha value is -2.10. The van der Waals surface area contributed by atoms with E-state index in [0.717, 1.165) is 12.1 Å². The normalized spacial score (nSPS) is 10.4. The number of ketones is 1. The first kappa shape index (κ1) is 11.4. The van der Waals surface area contributed by atoms with Crippen molar-refractivity contribution < 1.29 is 4.79 Å². The van der Waals surface area contributed by atoms with Crippen molar-refractivity contribution in [3.8, 4) is 0 Å². The van der Waals surface area contributed by atoms with Gasteiger partial charge < -0.3 is 10.3 Å². The lowest BCUT2D eigenvalue weighted by Gasteiger charge is -2.04. The van der Waals surface area contributed by atoms with E-state index in [9.17, 15) is 4.79 Å². The first-order chi connectivity index (χ1) is 8.20. The summed E-state index contributed by atoms with van der Waals surface area (Å²) < 4.78 is 1.85. The van der Waals surface area contributed by atoms with E-state index in [1.54, 1.807) is 18.3 Å². The van der Waals surface area contributed by atoms with Crippen molar-refractivity contribution in [3.63, 3.8) is 0 Å². The van der Waals surface area contributed by atoms with Gasteiger partial charge in [0.1, 0.15) is 0 Å². The maximum Gasteiger partial charge on any atom is 0.202 e. The molecule has 0 saturated heterocycles. The molecule has 0 bridgehead atoms. The minimum absolute atomic E-state index is 0.0293. The molecule has 2 N–H and O–H groups in total. The molecule has 0 amide bonds. The molecule has 1 heterocycles. The lowest BCUT2D eigenvalue weighted by atomic mass is 10.1. The van der Waals surface area contributed by atoms with Crippen LogP contribution in [0.4, 0.5) is 5.69 Å². The van der Waals surface area contributed by atoms with Crippen LogP contribution in [-0.2, 0) is 13.0 Å². The highest BCUT2D eigenvalue weighted by molar-refractivity contribution is 5.94. The Morgan fingerprint density at radius 1 is 1.35 bits per heavy atom. The van der Waals surface area contributed by atoms with Gasteiger partial charge in [0, 0.05) is 31.0 Å². The molecule has 0 unspecified atom stereocenters. The molecule has 1 aromatic carbocycles. The van der Waals surface area contributed by atoms with Crippen LogP contribution in [0.25, 0.3) is 0 Å². The molecule has 88 valence electrons. The van der Waals surface area contributed by atoms with Crippen molar-refractivity contribution in [2.45, 2.75) is 19.9 Å². The molecule has 4 heteroatoms. The molecule has 0 spiro atoms. The van der Waals surface area contributed by atoms with Crippen molar-refractivity contribution in [1.29, 1.82) is 0 Å². The van der Waals surface area contributed by atoms with Crippen LogP contribution in [0.1, 0.15) is 23.1 Å². The number of benzene rings is 1. The van der Waals surface area contributed by atoms with Gasteiger partial charge in [0.25, 0.3) is 0 Å². The molecule has 2 rings (SSSR count). The highest BCUT2D eigenvalue weighted by atomic mass is 16.1. The highest BCUT2D eigenvalue weighted by Crippen LogP contribution is 2.09. The molecular formula is C13H15N3O.